The molecule has 1 saturated heterocycles. The van der Waals surface area contributed by atoms with E-state index in [0.29, 0.717) is 6.54 Å². The quantitative estimate of drug-likeness (QED) is 0.593. The summed E-state index contributed by atoms with van der Waals surface area (Å²) in [6, 6.07) is 8.49. The Balaban J connectivity index is 2.03. The maximum atomic E-state index is 10.00. The topological polar surface area (TPSA) is 29.4 Å². The second kappa shape index (κ2) is 5.88. The van der Waals surface area contributed by atoms with Gasteiger partial charge in [0.25, 0.3) is 0 Å². The van der Waals surface area contributed by atoms with Gasteiger partial charge in [-0.05, 0) is 41.4 Å². The van der Waals surface area contributed by atoms with Gasteiger partial charge in [-0.15, -0.1) is 0 Å². The van der Waals surface area contributed by atoms with Crippen molar-refractivity contribution in [3.05, 3.63) is 35.4 Å². The molecule has 0 amide bonds. The molecular formula is C13H15NOS. The molecule has 2 nitrogen and oxygen atoms in total. The molecule has 1 aliphatic heterocycles. The Morgan fingerprint density at radius 2 is 1.94 bits per heavy atom. The van der Waals surface area contributed by atoms with Crippen molar-refractivity contribution >= 4 is 17.8 Å². The highest BCUT2D eigenvalue weighted by atomic mass is 32.2. The molecule has 0 bridgehead atoms. The van der Waals surface area contributed by atoms with Crippen LogP contribution in [0.2, 0.25) is 0 Å². The summed E-state index contributed by atoms with van der Waals surface area (Å²) < 4.78 is 0. The molecule has 0 spiro atoms. The van der Waals surface area contributed by atoms with Crippen LogP contribution >= 0.6 is 11.8 Å². The van der Waals surface area contributed by atoms with E-state index in [1.807, 2.05) is 11.8 Å². The lowest BCUT2D eigenvalue weighted by molar-refractivity contribution is 0.563. The van der Waals surface area contributed by atoms with Crippen molar-refractivity contribution in [3.63, 3.8) is 0 Å². The van der Waals surface area contributed by atoms with Crippen molar-refractivity contribution in [1.82, 2.24) is 0 Å². The summed E-state index contributed by atoms with van der Waals surface area (Å²) in [6.07, 6.45) is 4.14. The molecule has 16 heavy (non-hydrogen) atoms. The van der Waals surface area contributed by atoms with E-state index < -0.39 is 0 Å². The van der Waals surface area contributed by atoms with E-state index in [1.165, 1.54) is 29.9 Å². The predicted molar refractivity (Wildman–Crippen MR) is 67.6 cm³/mol. The molecule has 0 N–H and O–H groups in total. The number of benzene rings is 1. The minimum Gasteiger partial charge on any atom is -0.211 e. The predicted octanol–water partition coefficient (Wildman–Crippen LogP) is 3.13. The van der Waals surface area contributed by atoms with E-state index in [4.69, 9.17) is 0 Å². The summed E-state index contributed by atoms with van der Waals surface area (Å²) in [5.74, 6) is 3.29. The second-order valence-electron chi connectivity index (χ2n) is 4.04. The minimum absolute atomic E-state index is 0.449. The summed E-state index contributed by atoms with van der Waals surface area (Å²) in [5.41, 5.74) is 2.51. The molecule has 84 valence electrons. The van der Waals surface area contributed by atoms with E-state index in [-0.39, 0.29) is 0 Å². The third kappa shape index (κ3) is 2.97. The number of hydrogen-bond acceptors (Lipinski definition) is 3. The highest BCUT2D eigenvalue weighted by Crippen LogP contribution is 2.31. The minimum atomic E-state index is 0.449. The standard InChI is InChI=1S/C13H15NOS/c15-10-14-9-11-1-3-12(4-2-11)13-5-7-16-8-6-13/h1-4,13H,5-9H2. The largest absolute Gasteiger partial charge is 0.235 e. The molecule has 0 radical (unpaired) electrons. The van der Waals surface area contributed by atoms with Crippen molar-refractivity contribution < 1.29 is 4.79 Å². The second-order valence-corrected chi connectivity index (χ2v) is 5.26. The fraction of sp³-hybridized carbons (Fsp3) is 0.462. The van der Waals surface area contributed by atoms with Gasteiger partial charge in [-0.2, -0.15) is 11.8 Å². The van der Waals surface area contributed by atoms with Gasteiger partial charge in [0, 0.05) is 0 Å². The van der Waals surface area contributed by atoms with E-state index in [2.05, 4.69) is 29.3 Å². The number of aliphatic imine (C=N–C) groups is 1. The van der Waals surface area contributed by atoms with Gasteiger partial charge in [-0.25, -0.2) is 9.79 Å². The summed E-state index contributed by atoms with van der Waals surface area (Å²) in [7, 11) is 0. The first-order valence-electron chi connectivity index (χ1n) is 5.60. The number of isocyanates is 1. The van der Waals surface area contributed by atoms with Gasteiger partial charge in [0.15, 0.2) is 0 Å². The molecule has 1 heterocycles. The van der Waals surface area contributed by atoms with Gasteiger partial charge in [-0.1, -0.05) is 24.3 Å². The van der Waals surface area contributed by atoms with Gasteiger partial charge < -0.3 is 0 Å². The Bertz CT molecular complexity index is 375. The molecular weight excluding hydrogens is 218 g/mol. The van der Waals surface area contributed by atoms with Gasteiger partial charge in [0.2, 0.25) is 6.08 Å². The fourth-order valence-corrected chi connectivity index (χ4v) is 3.16. The highest BCUT2D eigenvalue weighted by molar-refractivity contribution is 7.99. The summed E-state index contributed by atoms with van der Waals surface area (Å²) in [5, 5.41) is 0. The van der Waals surface area contributed by atoms with Crippen LogP contribution in [0.1, 0.15) is 29.9 Å². The van der Waals surface area contributed by atoms with E-state index in [9.17, 15) is 4.79 Å². The Kier molecular flexibility index (Phi) is 4.20. The maximum absolute atomic E-state index is 10.00. The molecule has 0 unspecified atom stereocenters. The van der Waals surface area contributed by atoms with Crippen LogP contribution in [0.25, 0.3) is 0 Å². The summed E-state index contributed by atoms with van der Waals surface area (Å²) >= 11 is 2.05. The van der Waals surface area contributed by atoms with Crippen molar-refractivity contribution in [1.29, 1.82) is 0 Å². The smallest absolute Gasteiger partial charge is 0.211 e. The van der Waals surface area contributed by atoms with Crippen LogP contribution in [-0.2, 0) is 11.3 Å². The van der Waals surface area contributed by atoms with Crippen LogP contribution in [0, 0.1) is 0 Å². The Morgan fingerprint density at radius 3 is 2.56 bits per heavy atom. The summed E-state index contributed by atoms with van der Waals surface area (Å²) in [6.45, 7) is 0.449. The lowest BCUT2D eigenvalue weighted by Crippen LogP contribution is -2.07. The first kappa shape index (κ1) is 11.4. The van der Waals surface area contributed by atoms with Crippen LogP contribution in [0.15, 0.2) is 29.3 Å². The van der Waals surface area contributed by atoms with E-state index >= 15 is 0 Å². The number of thioether (sulfide) groups is 1. The Hall–Kier alpha value is -1.05. The number of hydrogen-bond donors (Lipinski definition) is 0. The SMILES string of the molecule is O=C=NCc1ccc(C2CCSCC2)cc1. The Labute approximate surface area is 100 Å². The molecule has 3 heteroatoms. The first-order valence-corrected chi connectivity index (χ1v) is 6.76. The van der Waals surface area contributed by atoms with Crippen molar-refractivity contribution in [2.45, 2.75) is 25.3 Å². The number of rotatable bonds is 3. The van der Waals surface area contributed by atoms with E-state index in [0.717, 1.165) is 11.5 Å². The van der Waals surface area contributed by atoms with Gasteiger partial charge in [-0.3, -0.25) is 0 Å². The van der Waals surface area contributed by atoms with Gasteiger partial charge in [0.1, 0.15) is 0 Å². The van der Waals surface area contributed by atoms with Crippen LogP contribution < -0.4 is 0 Å². The molecule has 1 aromatic carbocycles. The molecule has 1 fully saturated rings. The highest BCUT2D eigenvalue weighted by Gasteiger charge is 2.15. The average Bonchev–Trinajstić information content (AvgIpc) is 2.38. The fourth-order valence-electron chi connectivity index (χ4n) is 2.05. The molecule has 2 rings (SSSR count). The number of carbonyl (C=O) groups excluding carboxylic acids is 1. The molecule has 0 atom stereocenters. The van der Waals surface area contributed by atoms with Crippen LogP contribution in [-0.4, -0.2) is 17.6 Å². The third-order valence-electron chi connectivity index (χ3n) is 3.00. The van der Waals surface area contributed by atoms with E-state index in [1.54, 1.807) is 6.08 Å². The normalized spacial score (nSPS) is 16.8. The molecule has 0 aliphatic carbocycles. The van der Waals surface area contributed by atoms with Gasteiger partial charge >= 0.3 is 0 Å². The zero-order chi connectivity index (χ0) is 11.2. The van der Waals surface area contributed by atoms with Crippen molar-refractivity contribution in [2.24, 2.45) is 4.99 Å². The molecule has 1 aromatic rings. The lowest BCUT2D eigenvalue weighted by Gasteiger charge is -2.21. The maximum Gasteiger partial charge on any atom is 0.235 e. The molecule has 0 saturated carbocycles. The average molecular weight is 233 g/mol. The van der Waals surface area contributed by atoms with Crippen LogP contribution in [0.4, 0.5) is 0 Å². The van der Waals surface area contributed by atoms with Gasteiger partial charge in [0.05, 0.1) is 6.54 Å². The Morgan fingerprint density at radius 1 is 1.25 bits per heavy atom. The van der Waals surface area contributed by atoms with Crippen LogP contribution in [0.5, 0.6) is 0 Å². The zero-order valence-corrected chi connectivity index (χ0v) is 10.0. The number of nitrogens with zero attached hydrogens (tertiary/aromatic N) is 1. The molecule has 1 aliphatic rings. The zero-order valence-electron chi connectivity index (χ0n) is 9.19. The summed E-state index contributed by atoms with van der Waals surface area (Å²) in [4.78, 5) is 13.6. The molecule has 0 aromatic heterocycles. The lowest BCUT2D eigenvalue weighted by atomic mass is 9.93. The monoisotopic (exact) mass is 233 g/mol. The first-order chi connectivity index (χ1) is 7.90. The van der Waals surface area contributed by atoms with Crippen molar-refractivity contribution in [3.8, 4) is 0 Å². The third-order valence-corrected chi connectivity index (χ3v) is 4.05. The van der Waals surface area contributed by atoms with Crippen molar-refractivity contribution in [2.75, 3.05) is 11.5 Å². The van der Waals surface area contributed by atoms with Crippen LogP contribution in [0.3, 0.4) is 0 Å².